The molecule has 1 aromatic carbocycles. The number of amides is 1. The summed E-state index contributed by atoms with van der Waals surface area (Å²) < 4.78 is 0. The lowest BCUT2D eigenvalue weighted by Gasteiger charge is -2.16. The van der Waals surface area contributed by atoms with Crippen LogP contribution in [0.4, 0.5) is 0 Å². The van der Waals surface area contributed by atoms with E-state index in [-0.39, 0.29) is 12.3 Å². The highest BCUT2D eigenvalue weighted by atomic mass is 35.5. The van der Waals surface area contributed by atoms with Gasteiger partial charge >= 0.3 is 5.97 Å². The van der Waals surface area contributed by atoms with Crippen molar-refractivity contribution in [3.05, 3.63) is 50.9 Å². The molecule has 0 saturated carbocycles. The molecule has 5 nitrogen and oxygen atoms in total. The van der Waals surface area contributed by atoms with Crippen LogP contribution in [0, 0.1) is 6.92 Å². The summed E-state index contributed by atoms with van der Waals surface area (Å²) >= 11 is 7.49. The van der Waals surface area contributed by atoms with E-state index in [1.807, 2.05) is 6.92 Å². The van der Waals surface area contributed by atoms with Gasteiger partial charge in [0.05, 0.1) is 11.2 Å². The number of nitrogens with one attached hydrogen (secondary N) is 1. The van der Waals surface area contributed by atoms with Crippen LogP contribution in [-0.2, 0) is 16.0 Å². The Morgan fingerprint density at radius 1 is 1.41 bits per heavy atom. The fourth-order valence-corrected chi connectivity index (χ4v) is 3.03. The molecule has 22 heavy (non-hydrogen) atoms. The van der Waals surface area contributed by atoms with E-state index >= 15 is 0 Å². The van der Waals surface area contributed by atoms with Gasteiger partial charge in [-0.3, -0.25) is 4.79 Å². The summed E-state index contributed by atoms with van der Waals surface area (Å²) in [5.74, 6) is -1.48. The number of aromatic nitrogens is 1. The Bertz CT molecular complexity index is 687. The summed E-state index contributed by atoms with van der Waals surface area (Å²) in [6.07, 6.45) is 0.745. The minimum absolute atomic E-state index is 0.206. The van der Waals surface area contributed by atoms with Gasteiger partial charge in [-0.25, -0.2) is 9.78 Å². The number of rotatable bonds is 6. The molecular weight excluding hydrogens is 324 g/mol. The van der Waals surface area contributed by atoms with E-state index in [2.05, 4.69) is 10.3 Å². The second-order valence-corrected chi connectivity index (χ2v) is 6.07. The Balaban J connectivity index is 2.02. The minimum Gasteiger partial charge on any atom is -0.479 e. The van der Waals surface area contributed by atoms with Gasteiger partial charge in [-0.05, 0) is 19.4 Å². The number of carboxylic acid groups (broad SMARTS) is 1. The second-order valence-electron chi connectivity index (χ2n) is 4.72. The first kappa shape index (κ1) is 16.5. The van der Waals surface area contributed by atoms with E-state index in [0.717, 1.165) is 10.6 Å². The molecule has 0 aliphatic carbocycles. The molecule has 0 aliphatic heterocycles. The first-order valence-electron chi connectivity index (χ1n) is 6.64. The van der Waals surface area contributed by atoms with E-state index in [9.17, 15) is 14.7 Å². The van der Waals surface area contributed by atoms with E-state index in [0.29, 0.717) is 17.0 Å². The molecule has 116 valence electrons. The molecule has 0 spiro atoms. The first-order chi connectivity index (χ1) is 10.5. The third-order valence-electron chi connectivity index (χ3n) is 3.19. The highest BCUT2D eigenvalue weighted by Crippen LogP contribution is 2.23. The summed E-state index contributed by atoms with van der Waals surface area (Å²) in [7, 11) is 0. The molecule has 1 heterocycles. The van der Waals surface area contributed by atoms with Crippen molar-refractivity contribution in [3.63, 3.8) is 0 Å². The predicted molar refractivity (Wildman–Crippen MR) is 85.1 cm³/mol. The average Bonchev–Trinajstić information content (AvgIpc) is 2.88. The van der Waals surface area contributed by atoms with Gasteiger partial charge in [-0.15, -0.1) is 11.3 Å². The third-order valence-corrected chi connectivity index (χ3v) is 4.53. The van der Waals surface area contributed by atoms with Gasteiger partial charge in [0.1, 0.15) is 0 Å². The van der Waals surface area contributed by atoms with Gasteiger partial charge in [0.15, 0.2) is 6.04 Å². The molecule has 0 fully saturated rings. The van der Waals surface area contributed by atoms with Crippen LogP contribution in [0.1, 0.15) is 28.6 Å². The Morgan fingerprint density at radius 2 is 2.14 bits per heavy atom. The Morgan fingerprint density at radius 3 is 2.73 bits per heavy atom. The highest BCUT2D eigenvalue weighted by Gasteiger charge is 2.24. The summed E-state index contributed by atoms with van der Waals surface area (Å²) in [5, 5.41) is 12.1. The maximum Gasteiger partial charge on any atom is 0.330 e. The van der Waals surface area contributed by atoms with Gasteiger partial charge in [0, 0.05) is 21.9 Å². The van der Waals surface area contributed by atoms with Crippen molar-refractivity contribution >= 4 is 34.8 Å². The van der Waals surface area contributed by atoms with Crippen molar-refractivity contribution in [3.8, 4) is 0 Å². The topological polar surface area (TPSA) is 79.3 Å². The molecule has 1 atom stereocenters. The van der Waals surface area contributed by atoms with Gasteiger partial charge < -0.3 is 10.4 Å². The molecule has 0 bridgehead atoms. The number of halogens is 1. The quantitative estimate of drug-likeness (QED) is 0.848. The molecule has 1 aromatic heterocycles. The van der Waals surface area contributed by atoms with Crippen LogP contribution >= 0.6 is 22.9 Å². The number of aliphatic carboxylic acids is 1. The average molecular weight is 339 g/mol. The van der Waals surface area contributed by atoms with E-state index in [1.165, 1.54) is 11.3 Å². The fraction of sp³-hybridized carbons (Fsp3) is 0.267. The summed E-state index contributed by atoms with van der Waals surface area (Å²) in [4.78, 5) is 28.6. The fourth-order valence-electron chi connectivity index (χ4n) is 2.01. The van der Waals surface area contributed by atoms with Crippen molar-refractivity contribution in [1.82, 2.24) is 10.3 Å². The molecule has 0 radical (unpaired) electrons. The number of thiazole rings is 1. The van der Waals surface area contributed by atoms with Crippen molar-refractivity contribution < 1.29 is 14.7 Å². The van der Waals surface area contributed by atoms with E-state index < -0.39 is 12.0 Å². The normalized spacial score (nSPS) is 11.9. The number of hydrogen-bond donors (Lipinski definition) is 2. The number of carboxylic acids is 1. The molecule has 7 heteroatoms. The van der Waals surface area contributed by atoms with Crippen molar-refractivity contribution in [2.45, 2.75) is 25.8 Å². The number of carbonyl (C=O) groups excluding carboxylic acids is 1. The number of benzene rings is 1. The molecule has 0 saturated heterocycles. The smallest absolute Gasteiger partial charge is 0.330 e. The standard InChI is InChI=1S/C15H15ClN2O3S/c1-9-12(22-8-17-9)6-7-13(19)18-14(15(20)21)10-4-2-3-5-11(10)16/h2-5,8,14H,6-7H2,1H3,(H,18,19)(H,20,21). The van der Waals surface area contributed by atoms with Crippen LogP contribution in [0.5, 0.6) is 0 Å². The van der Waals surface area contributed by atoms with Crippen LogP contribution in [0.15, 0.2) is 29.8 Å². The maximum atomic E-state index is 12.0. The van der Waals surface area contributed by atoms with Gasteiger partial charge in [0.2, 0.25) is 5.91 Å². The number of hydrogen-bond acceptors (Lipinski definition) is 4. The lowest BCUT2D eigenvalue weighted by molar-refractivity contribution is -0.142. The zero-order chi connectivity index (χ0) is 16.1. The summed E-state index contributed by atoms with van der Waals surface area (Å²) in [6.45, 7) is 1.88. The van der Waals surface area contributed by atoms with Gasteiger partial charge in [-0.1, -0.05) is 29.8 Å². The number of aryl methyl sites for hydroxylation is 2. The summed E-state index contributed by atoms with van der Waals surface area (Å²) in [5.41, 5.74) is 3.00. The van der Waals surface area contributed by atoms with Crippen molar-refractivity contribution in [1.29, 1.82) is 0 Å². The minimum atomic E-state index is -1.15. The molecule has 2 N–H and O–H groups in total. The van der Waals surface area contributed by atoms with Crippen LogP contribution in [0.3, 0.4) is 0 Å². The molecule has 2 rings (SSSR count). The molecule has 1 unspecified atom stereocenters. The van der Waals surface area contributed by atoms with Crippen molar-refractivity contribution in [2.24, 2.45) is 0 Å². The van der Waals surface area contributed by atoms with Crippen molar-refractivity contribution in [2.75, 3.05) is 0 Å². The number of nitrogens with zero attached hydrogens (tertiary/aromatic N) is 1. The Hall–Kier alpha value is -1.92. The van der Waals surface area contributed by atoms with Crippen LogP contribution in [0.25, 0.3) is 0 Å². The maximum absolute atomic E-state index is 12.0. The van der Waals surface area contributed by atoms with Crippen LogP contribution in [0.2, 0.25) is 5.02 Å². The molecule has 1 amide bonds. The largest absolute Gasteiger partial charge is 0.479 e. The Kier molecular flexibility index (Phi) is 5.51. The molecule has 2 aromatic rings. The molecular formula is C15H15ClN2O3S. The lowest BCUT2D eigenvalue weighted by atomic mass is 10.1. The van der Waals surface area contributed by atoms with E-state index in [1.54, 1.807) is 29.8 Å². The second kappa shape index (κ2) is 7.38. The highest BCUT2D eigenvalue weighted by molar-refractivity contribution is 7.09. The monoisotopic (exact) mass is 338 g/mol. The zero-order valence-corrected chi connectivity index (χ0v) is 13.4. The third kappa shape index (κ3) is 4.05. The van der Waals surface area contributed by atoms with Gasteiger partial charge in [-0.2, -0.15) is 0 Å². The first-order valence-corrected chi connectivity index (χ1v) is 7.90. The zero-order valence-electron chi connectivity index (χ0n) is 11.9. The lowest BCUT2D eigenvalue weighted by Crippen LogP contribution is -2.34. The van der Waals surface area contributed by atoms with Gasteiger partial charge in [0.25, 0.3) is 0 Å². The molecule has 0 aliphatic rings. The van der Waals surface area contributed by atoms with Crippen LogP contribution in [-0.4, -0.2) is 22.0 Å². The van der Waals surface area contributed by atoms with E-state index in [4.69, 9.17) is 11.6 Å². The Labute approximate surface area is 137 Å². The predicted octanol–water partition coefficient (Wildman–Crippen LogP) is 2.98. The number of carbonyl (C=O) groups is 2. The van der Waals surface area contributed by atoms with Crippen LogP contribution < -0.4 is 5.32 Å². The SMILES string of the molecule is Cc1ncsc1CCC(=O)NC(C(=O)O)c1ccccc1Cl. The summed E-state index contributed by atoms with van der Waals surface area (Å²) in [6, 6.07) is 5.43.